The molecule has 1 aromatic heterocycles. The molecule has 9 nitrogen and oxygen atoms in total. The Balaban J connectivity index is 0.00000154. The lowest BCUT2D eigenvalue weighted by Crippen LogP contribution is -2.22. The van der Waals surface area contributed by atoms with E-state index in [2.05, 4.69) is 15.3 Å². The van der Waals surface area contributed by atoms with Gasteiger partial charge in [0.15, 0.2) is 0 Å². The Morgan fingerprint density at radius 1 is 1.20 bits per heavy atom. The molecule has 0 aliphatic heterocycles. The van der Waals surface area contributed by atoms with Gasteiger partial charge in [0, 0.05) is 38.1 Å². The van der Waals surface area contributed by atoms with Gasteiger partial charge in [0.2, 0.25) is 5.95 Å². The summed E-state index contributed by atoms with van der Waals surface area (Å²) in [7, 11) is 3.41. The van der Waals surface area contributed by atoms with Gasteiger partial charge >= 0.3 is 5.97 Å². The van der Waals surface area contributed by atoms with Crippen molar-refractivity contribution in [1.29, 1.82) is 0 Å². The van der Waals surface area contributed by atoms with Crippen LogP contribution in [0.5, 0.6) is 0 Å². The summed E-state index contributed by atoms with van der Waals surface area (Å²) >= 11 is 0. The van der Waals surface area contributed by atoms with Gasteiger partial charge in [0.05, 0.1) is 6.61 Å². The quantitative estimate of drug-likeness (QED) is 0.630. The molecule has 166 valence electrons. The first kappa shape index (κ1) is 26.8. The van der Waals surface area contributed by atoms with Gasteiger partial charge in [-0.3, -0.25) is 4.79 Å². The summed E-state index contributed by atoms with van der Waals surface area (Å²) in [6.45, 7) is 9.73. The van der Waals surface area contributed by atoms with E-state index in [0.717, 1.165) is 5.56 Å². The second-order valence-corrected chi connectivity index (χ2v) is 5.88. The zero-order valence-electron chi connectivity index (χ0n) is 18.8. The van der Waals surface area contributed by atoms with Crippen molar-refractivity contribution in [3.05, 3.63) is 41.1 Å². The lowest BCUT2D eigenvalue weighted by molar-refractivity contribution is 0.0526. The number of ether oxygens (including phenoxy) is 1. The van der Waals surface area contributed by atoms with E-state index in [1.165, 1.54) is 11.1 Å². The third-order valence-corrected chi connectivity index (χ3v) is 3.43. The predicted molar refractivity (Wildman–Crippen MR) is 119 cm³/mol. The Morgan fingerprint density at radius 3 is 2.27 bits per heavy atom. The highest BCUT2D eigenvalue weighted by atomic mass is 16.5. The van der Waals surface area contributed by atoms with Gasteiger partial charge in [0.25, 0.3) is 5.91 Å². The summed E-state index contributed by atoms with van der Waals surface area (Å²) in [4.78, 5) is 33.4. The lowest BCUT2D eigenvalue weighted by atomic mass is 10.1. The van der Waals surface area contributed by atoms with Crippen LogP contribution in [0.3, 0.4) is 0 Å². The third-order valence-electron chi connectivity index (χ3n) is 3.43. The number of nitrogens with one attached hydrogen (secondary N) is 1. The summed E-state index contributed by atoms with van der Waals surface area (Å²) in [6.07, 6.45) is 1.32. The molecule has 0 saturated carbocycles. The number of nitrogen functional groups attached to an aromatic ring is 1. The van der Waals surface area contributed by atoms with Crippen molar-refractivity contribution in [2.45, 2.75) is 34.6 Å². The van der Waals surface area contributed by atoms with E-state index < -0.39 is 5.97 Å². The summed E-state index contributed by atoms with van der Waals surface area (Å²) in [6, 6.07) is 5.30. The molecule has 4 N–H and O–H groups in total. The Morgan fingerprint density at radius 2 is 1.80 bits per heavy atom. The highest BCUT2D eigenvalue weighted by Crippen LogP contribution is 2.20. The molecule has 0 saturated heterocycles. The molecule has 9 heteroatoms. The smallest absolute Gasteiger partial charge is 0.343 e. The number of aryl methyl sites for hydroxylation is 1. The highest BCUT2D eigenvalue weighted by Gasteiger charge is 2.15. The molecular weight excluding hydrogens is 386 g/mol. The number of carbonyl (C=O) groups is 2. The number of hydrogen-bond acceptors (Lipinski definition) is 8. The molecule has 0 aliphatic rings. The average Bonchev–Trinajstić information content (AvgIpc) is 2.70. The van der Waals surface area contributed by atoms with Gasteiger partial charge in [-0.2, -0.15) is 4.98 Å². The van der Waals surface area contributed by atoms with E-state index in [-0.39, 0.29) is 36.5 Å². The molecular formula is C21H33N5O4. The van der Waals surface area contributed by atoms with Crippen LogP contribution in [0.4, 0.5) is 17.5 Å². The molecule has 2 aromatic rings. The zero-order chi connectivity index (χ0) is 23.3. The van der Waals surface area contributed by atoms with E-state index in [9.17, 15) is 9.59 Å². The van der Waals surface area contributed by atoms with Crippen molar-refractivity contribution in [3.63, 3.8) is 0 Å². The van der Waals surface area contributed by atoms with Crippen molar-refractivity contribution >= 4 is 29.3 Å². The van der Waals surface area contributed by atoms with Gasteiger partial charge in [-0.25, -0.2) is 9.78 Å². The molecule has 2 rings (SSSR count). The SMILES string of the molecule is CC.CCO.CCOC(=O)c1cnc(Nc2ccc(C(=O)N(C)C)c(C)c2)nc1N. The number of esters is 1. The molecule has 0 radical (unpaired) electrons. The van der Waals surface area contributed by atoms with Crippen LogP contribution in [0.15, 0.2) is 24.4 Å². The second kappa shape index (κ2) is 13.9. The molecule has 0 unspecified atom stereocenters. The molecule has 0 fully saturated rings. The Bertz CT molecular complexity index is 825. The Kier molecular flexibility index (Phi) is 12.4. The Hall–Kier alpha value is -3.20. The van der Waals surface area contributed by atoms with Gasteiger partial charge < -0.3 is 25.8 Å². The monoisotopic (exact) mass is 419 g/mol. The minimum Gasteiger partial charge on any atom is -0.462 e. The molecule has 1 aromatic carbocycles. The maximum atomic E-state index is 12.1. The topological polar surface area (TPSA) is 131 Å². The molecule has 1 amide bonds. The first-order chi connectivity index (χ1) is 14.2. The van der Waals surface area contributed by atoms with Crippen LogP contribution >= 0.6 is 0 Å². The third kappa shape index (κ3) is 8.04. The minimum atomic E-state index is -0.561. The number of anilines is 3. The van der Waals surface area contributed by atoms with Crippen LogP contribution in [0.1, 0.15) is 54.0 Å². The normalized spacial score (nSPS) is 9.33. The van der Waals surface area contributed by atoms with Gasteiger partial charge in [-0.15, -0.1) is 0 Å². The number of hydrogen-bond donors (Lipinski definition) is 3. The van der Waals surface area contributed by atoms with Crippen molar-refractivity contribution in [2.24, 2.45) is 0 Å². The molecule has 0 spiro atoms. The zero-order valence-corrected chi connectivity index (χ0v) is 18.8. The first-order valence-electron chi connectivity index (χ1n) is 9.74. The first-order valence-corrected chi connectivity index (χ1v) is 9.74. The summed E-state index contributed by atoms with van der Waals surface area (Å²) in [5.74, 6) is -0.346. The van der Waals surface area contributed by atoms with Crippen LogP contribution in [0.2, 0.25) is 0 Å². The fourth-order valence-electron chi connectivity index (χ4n) is 2.17. The largest absolute Gasteiger partial charge is 0.462 e. The number of nitrogens with two attached hydrogens (primary N) is 1. The Labute approximate surface area is 178 Å². The van der Waals surface area contributed by atoms with E-state index in [1.54, 1.807) is 40.1 Å². The highest BCUT2D eigenvalue weighted by molar-refractivity contribution is 5.96. The van der Waals surface area contributed by atoms with Gasteiger partial charge in [-0.1, -0.05) is 13.8 Å². The fourth-order valence-corrected chi connectivity index (χ4v) is 2.17. The molecule has 0 atom stereocenters. The van der Waals surface area contributed by atoms with Gasteiger partial charge in [-0.05, 0) is 44.5 Å². The van der Waals surface area contributed by atoms with Crippen LogP contribution in [0.25, 0.3) is 0 Å². The summed E-state index contributed by atoms with van der Waals surface area (Å²) in [5.41, 5.74) is 8.06. The maximum Gasteiger partial charge on any atom is 0.343 e. The van der Waals surface area contributed by atoms with Crippen LogP contribution in [-0.4, -0.2) is 59.2 Å². The van der Waals surface area contributed by atoms with E-state index in [4.69, 9.17) is 15.6 Å². The molecule has 1 heterocycles. The van der Waals surface area contributed by atoms with Crippen LogP contribution < -0.4 is 11.1 Å². The van der Waals surface area contributed by atoms with Crippen molar-refractivity contribution in [1.82, 2.24) is 14.9 Å². The van der Waals surface area contributed by atoms with Crippen LogP contribution in [0, 0.1) is 6.92 Å². The number of benzene rings is 1. The number of nitrogens with zero attached hydrogens (tertiary/aromatic N) is 3. The lowest BCUT2D eigenvalue weighted by Gasteiger charge is -2.14. The molecule has 0 bridgehead atoms. The number of aliphatic hydroxyl groups excluding tert-OH is 1. The minimum absolute atomic E-state index is 0.0343. The number of aliphatic hydroxyl groups is 1. The molecule has 30 heavy (non-hydrogen) atoms. The maximum absolute atomic E-state index is 12.1. The van der Waals surface area contributed by atoms with E-state index >= 15 is 0 Å². The number of carbonyl (C=O) groups excluding carboxylic acids is 2. The van der Waals surface area contributed by atoms with E-state index in [1.807, 2.05) is 26.8 Å². The second-order valence-electron chi connectivity index (χ2n) is 5.88. The van der Waals surface area contributed by atoms with Gasteiger partial charge in [0.1, 0.15) is 11.4 Å². The molecule has 0 aliphatic carbocycles. The van der Waals surface area contributed by atoms with Crippen molar-refractivity contribution in [3.8, 4) is 0 Å². The van der Waals surface area contributed by atoms with Crippen molar-refractivity contribution in [2.75, 3.05) is 38.4 Å². The van der Waals surface area contributed by atoms with E-state index in [0.29, 0.717) is 11.3 Å². The fraction of sp³-hybridized carbons (Fsp3) is 0.429. The van der Waals surface area contributed by atoms with Crippen molar-refractivity contribution < 1.29 is 19.4 Å². The summed E-state index contributed by atoms with van der Waals surface area (Å²) in [5, 5.41) is 10.6. The summed E-state index contributed by atoms with van der Waals surface area (Å²) < 4.78 is 4.88. The number of amides is 1. The standard InChI is InChI=1S/C17H21N5O3.C2H6O.C2H6/c1-5-25-16(24)13-9-19-17(21-14(13)18)20-11-6-7-12(10(2)8-11)15(23)22(3)4;1-2-3;1-2/h6-9H,5H2,1-4H3,(H3,18,19,20,21);3H,2H2,1H3;1-2H3. The predicted octanol–water partition coefficient (Wildman–Crippen LogP) is 3.01. The average molecular weight is 420 g/mol. The number of aromatic nitrogens is 2. The van der Waals surface area contributed by atoms with Crippen LogP contribution in [-0.2, 0) is 4.74 Å². The number of rotatable bonds is 5.